The van der Waals surface area contributed by atoms with Gasteiger partial charge in [-0.05, 0) is 95.7 Å². The van der Waals surface area contributed by atoms with Gasteiger partial charge >= 0.3 is 0 Å². The standard InChI is InChI=1S/C55H30N4OS2/c1-2-12-32-29-45-40(25-31(32)11-1)36-13-3-7-17-44(36)59(45)46-30-35(28-43-37-14-4-8-18-47(37)60-52(43)46)55-57-53(33-21-23-50-41(26-33)38-15-5-9-19-48(38)61-50)56-54(58-55)34-22-24-51-42(27-34)39-16-6-10-20-49(39)62-51/h1-30H. The predicted octanol–water partition coefficient (Wildman–Crippen LogP) is 15.8. The van der Waals surface area contributed by atoms with E-state index >= 15 is 0 Å². The molecule has 0 unspecified atom stereocenters. The number of furan rings is 1. The molecule has 14 rings (SSSR count). The Kier molecular flexibility index (Phi) is 7.08. The van der Waals surface area contributed by atoms with Crippen molar-refractivity contribution in [2.45, 2.75) is 0 Å². The minimum atomic E-state index is 0.593. The average molecular weight is 827 g/mol. The number of para-hydroxylation sites is 2. The monoisotopic (exact) mass is 826 g/mol. The molecule has 0 aliphatic carbocycles. The van der Waals surface area contributed by atoms with Gasteiger partial charge in [-0.3, -0.25) is 0 Å². The van der Waals surface area contributed by atoms with E-state index in [0.717, 1.165) is 55.3 Å². The average Bonchev–Trinajstić information content (AvgIpc) is 4.09. The van der Waals surface area contributed by atoms with Gasteiger partial charge in [0.15, 0.2) is 23.1 Å². The quantitative estimate of drug-likeness (QED) is 0.177. The van der Waals surface area contributed by atoms with E-state index in [1.165, 1.54) is 61.9 Å². The lowest BCUT2D eigenvalue weighted by atomic mass is 10.1. The fourth-order valence-corrected chi connectivity index (χ4v) is 11.7. The second kappa shape index (κ2) is 12.9. The fourth-order valence-electron chi connectivity index (χ4n) is 9.51. The first kappa shape index (κ1) is 34.0. The number of thiophene rings is 2. The molecule has 14 aromatic rings. The Morgan fingerprint density at radius 2 is 0.871 bits per heavy atom. The highest BCUT2D eigenvalue weighted by Gasteiger charge is 2.22. The summed E-state index contributed by atoms with van der Waals surface area (Å²) in [7, 11) is 0. The Morgan fingerprint density at radius 3 is 1.55 bits per heavy atom. The van der Waals surface area contributed by atoms with Crippen molar-refractivity contribution in [3.63, 3.8) is 0 Å². The van der Waals surface area contributed by atoms with Crippen LogP contribution in [0, 0.1) is 0 Å². The van der Waals surface area contributed by atoms with E-state index in [1.54, 1.807) is 0 Å². The first-order valence-electron chi connectivity index (χ1n) is 20.7. The summed E-state index contributed by atoms with van der Waals surface area (Å²) in [6, 6.07) is 64.9. The van der Waals surface area contributed by atoms with Crippen LogP contribution < -0.4 is 0 Å². The van der Waals surface area contributed by atoms with Gasteiger partial charge in [-0.25, -0.2) is 15.0 Å². The maximum absolute atomic E-state index is 6.83. The molecule has 5 heterocycles. The Bertz CT molecular complexity index is 4060. The fraction of sp³-hybridized carbons (Fsp3) is 0. The Hall–Kier alpha value is -7.71. The normalized spacial score (nSPS) is 12.2. The van der Waals surface area contributed by atoms with Crippen molar-refractivity contribution in [2.24, 2.45) is 0 Å². The summed E-state index contributed by atoms with van der Waals surface area (Å²) in [4.78, 5) is 16.0. The number of nitrogens with zero attached hydrogens (tertiary/aromatic N) is 4. The second-order valence-electron chi connectivity index (χ2n) is 16.0. The lowest BCUT2D eigenvalue weighted by Gasteiger charge is -2.13. The lowest BCUT2D eigenvalue weighted by Crippen LogP contribution is -2.01. The first-order valence-corrected chi connectivity index (χ1v) is 22.3. The van der Waals surface area contributed by atoms with Crippen LogP contribution in [0.1, 0.15) is 0 Å². The third-order valence-electron chi connectivity index (χ3n) is 12.4. The second-order valence-corrected chi connectivity index (χ2v) is 18.1. The van der Waals surface area contributed by atoms with Crippen molar-refractivity contribution in [1.82, 2.24) is 19.5 Å². The van der Waals surface area contributed by atoms with E-state index in [1.807, 2.05) is 34.8 Å². The van der Waals surface area contributed by atoms with Crippen LogP contribution in [0.25, 0.3) is 135 Å². The molecule has 0 amide bonds. The number of rotatable bonds is 4. The van der Waals surface area contributed by atoms with E-state index in [2.05, 4.69) is 174 Å². The van der Waals surface area contributed by atoms with E-state index in [9.17, 15) is 0 Å². The largest absolute Gasteiger partial charge is 0.454 e. The molecule has 0 atom stereocenters. The molecule has 0 aliphatic heterocycles. The highest BCUT2D eigenvalue weighted by Crippen LogP contribution is 2.43. The molecule has 0 bridgehead atoms. The van der Waals surface area contributed by atoms with Gasteiger partial charge in [0.25, 0.3) is 0 Å². The Morgan fingerprint density at radius 1 is 0.355 bits per heavy atom. The Balaban J connectivity index is 1.07. The van der Waals surface area contributed by atoms with E-state index in [-0.39, 0.29) is 0 Å². The van der Waals surface area contributed by atoms with Crippen molar-refractivity contribution in [3.8, 4) is 39.9 Å². The molecule has 0 radical (unpaired) electrons. The van der Waals surface area contributed by atoms with Crippen molar-refractivity contribution in [2.75, 3.05) is 0 Å². The van der Waals surface area contributed by atoms with Crippen molar-refractivity contribution in [1.29, 1.82) is 0 Å². The van der Waals surface area contributed by atoms with Crippen molar-refractivity contribution < 1.29 is 4.42 Å². The summed E-state index contributed by atoms with van der Waals surface area (Å²) >= 11 is 3.62. The molecule has 0 aliphatic rings. The van der Waals surface area contributed by atoms with Crippen molar-refractivity contribution >= 4 is 118 Å². The van der Waals surface area contributed by atoms with Gasteiger partial charge in [0.2, 0.25) is 0 Å². The van der Waals surface area contributed by atoms with Crippen LogP contribution in [0.15, 0.2) is 186 Å². The minimum Gasteiger partial charge on any atom is -0.454 e. The number of hydrogen-bond acceptors (Lipinski definition) is 6. The van der Waals surface area contributed by atoms with Gasteiger partial charge in [0.05, 0.1) is 16.7 Å². The minimum absolute atomic E-state index is 0.593. The summed E-state index contributed by atoms with van der Waals surface area (Å²) in [5.41, 5.74) is 7.53. The number of fused-ring (bicyclic) bond motifs is 13. The van der Waals surface area contributed by atoms with Gasteiger partial charge < -0.3 is 8.98 Å². The molecule has 5 nitrogen and oxygen atoms in total. The first-order chi connectivity index (χ1) is 30.7. The molecule has 7 heteroatoms. The smallest absolute Gasteiger partial charge is 0.164 e. The summed E-state index contributed by atoms with van der Waals surface area (Å²) < 4.78 is 14.2. The maximum Gasteiger partial charge on any atom is 0.164 e. The number of benzene rings is 9. The van der Waals surface area contributed by atoms with Crippen LogP contribution in [0.4, 0.5) is 0 Å². The molecule has 5 aromatic heterocycles. The predicted molar refractivity (Wildman–Crippen MR) is 261 cm³/mol. The third-order valence-corrected chi connectivity index (χ3v) is 14.7. The summed E-state index contributed by atoms with van der Waals surface area (Å²) in [6.45, 7) is 0. The highest BCUT2D eigenvalue weighted by atomic mass is 32.1. The third kappa shape index (κ3) is 5.03. The Labute approximate surface area is 361 Å². The van der Waals surface area contributed by atoms with Crippen LogP contribution in [-0.4, -0.2) is 19.5 Å². The SMILES string of the molecule is c1ccc2cc3c(cc2c1)c1ccccc1n3-c1cc(-c2nc(-c3ccc4sc5ccccc5c4c3)nc(-c3ccc4sc5ccccc5c4c3)n2)cc2c1oc1ccccc12. The molecule has 0 N–H and O–H groups in total. The van der Waals surface area contributed by atoms with Gasteiger partial charge in [0.1, 0.15) is 5.58 Å². The van der Waals surface area contributed by atoms with Crippen LogP contribution in [0.5, 0.6) is 0 Å². The van der Waals surface area contributed by atoms with E-state index in [4.69, 9.17) is 19.4 Å². The van der Waals surface area contributed by atoms with Gasteiger partial charge in [-0.1, -0.05) is 97.1 Å². The molecule has 62 heavy (non-hydrogen) atoms. The van der Waals surface area contributed by atoms with Gasteiger partial charge in [-0.15, -0.1) is 22.7 Å². The van der Waals surface area contributed by atoms with Crippen LogP contribution in [-0.2, 0) is 0 Å². The zero-order valence-corrected chi connectivity index (χ0v) is 34.5. The highest BCUT2D eigenvalue weighted by molar-refractivity contribution is 7.26. The molecular weight excluding hydrogens is 797 g/mol. The summed E-state index contributed by atoms with van der Waals surface area (Å²) in [6.07, 6.45) is 0. The molecular formula is C55H30N4OS2. The lowest BCUT2D eigenvalue weighted by molar-refractivity contribution is 0.666. The number of aromatic nitrogens is 4. The maximum atomic E-state index is 6.83. The molecule has 9 aromatic carbocycles. The summed E-state index contributed by atoms with van der Waals surface area (Å²) in [5, 5.41) is 11.7. The molecule has 0 fully saturated rings. The van der Waals surface area contributed by atoms with Crippen LogP contribution in [0.2, 0.25) is 0 Å². The topological polar surface area (TPSA) is 56.7 Å². The number of hydrogen-bond donors (Lipinski definition) is 0. The molecule has 0 spiro atoms. The molecule has 0 saturated carbocycles. The van der Waals surface area contributed by atoms with Crippen molar-refractivity contribution in [3.05, 3.63) is 182 Å². The van der Waals surface area contributed by atoms with Crippen LogP contribution in [0.3, 0.4) is 0 Å². The van der Waals surface area contributed by atoms with Crippen LogP contribution >= 0.6 is 22.7 Å². The molecule has 0 saturated heterocycles. The van der Waals surface area contributed by atoms with E-state index < -0.39 is 0 Å². The zero-order valence-electron chi connectivity index (χ0n) is 32.8. The van der Waals surface area contributed by atoms with Gasteiger partial charge in [0, 0.05) is 78.6 Å². The van der Waals surface area contributed by atoms with E-state index in [0.29, 0.717) is 17.5 Å². The summed E-state index contributed by atoms with van der Waals surface area (Å²) in [5.74, 6) is 1.84. The molecule has 288 valence electrons. The van der Waals surface area contributed by atoms with Gasteiger partial charge in [-0.2, -0.15) is 0 Å². The zero-order chi connectivity index (χ0) is 40.5.